The number of nitrogens with zero attached hydrogens (tertiary/aromatic N) is 4. The molecular formula is C21H38N6S. The number of likely N-dealkylation sites (tertiary alicyclic amines) is 1. The largest absolute Gasteiger partial charge is 0.356 e. The zero-order valence-electron chi connectivity index (χ0n) is 17.9. The van der Waals surface area contributed by atoms with Crippen molar-refractivity contribution in [2.45, 2.75) is 25.8 Å². The lowest BCUT2D eigenvalue weighted by molar-refractivity contribution is 0.139. The molecule has 1 aromatic rings. The van der Waals surface area contributed by atoms with Crippen molar-refractivity contribution in [3.63, 3.8) is 0 Å². The lowest BCUT2D eigenvalue weighted by Crippen LogP contribution is -2.48. The highest BCUT2D eigenvalue weighted by molar-refractivity contribution is 7.10. The molecule has 28 heavy (non-hydrogen) atoms. The van der Waals surface area contributed by atoms with E-state index in [1.54, 1.807) is 0 Å². The Morgan fingerprint density at radius 1 is 1.11 bits per heavy atom. The second-order valence-electron chi connectivity index (χ2n) is 8.32. The van der Waals surface area contributed by atoms with Crippen LogP contribution in [-0.4, -0.2) is 93.7 Å². The highest BCUT2D eigenvalue weighted by Crippen LogP contribution is 2.27. The van der Waals surface area contributed by atoms with Crippen LogP contribution in [0.5, 0.6) is 0 Å². The quantitative estimate of drug-likeness (QED) is 0.510. The first-order valence-corrected chi connectivity index (χ1v) is 11.7. The maximum atomic E-state index is 4.46. The average molecular weight is 407 g/mol. The maximum Gasteiger partial charge on any atom is 0.191 e. The van der Waals surface area contributed by atoms with Gasteiger partial charge in [-0.25, -0.2) is 0 Å². The Balaban J connectivity index is 1.43. The van der Waals surface area contributed by atoms with E-state index in [1.807, 2.05) is 18.4 Å². The van der Waals surface area contributed by atoms with Crippen molar-refractivity contribution in [2.24, 2.45) is 10.9 Å². The van der Waals surface area contributed by atoms with E-state index in [0.29, 0.717) is 12.0 Å². The van der Waals surface area contributed by atoms with Gasteiger partial charge in [-0.15, -0.1) is 11.3 Å². The number of likely N-dealkylation sites (N-methyl/N-ethyl adjacent to an activating group) is 1. The molecule has 1 aromatic heterocycles. The molecule has 0 spiro atoms. The van der Waals surface area contributed by atoms with Gasteiger partial charge in [-0.05, 0) is 50.3 Å². The summed E-state index contributed by atoms with van der Waals surface area (Å²) in [5.41, 5.74) is 0. The molecule has 0 bridgehead atoms. The number of guanidine groups is 1. The lowest BCUT2D eigenvalue weighted by atomic mass is 10.1. The lowest BCUT2D eigenvalue weighted by Gasteiger charge is -2.34. The van der Waals surface area contributed by atoms with Crippen LogP contribution in [-0.2, 0) is 0 Å². The van der Waals surface area contributed by atoms with Gasteiger partial charge in [0.2, 0.25) is 0 Å². The summed E-state index contributed by atoms with van der Waals surface area (Å²) in [6, 6.07) is 4.88. The minimum absolute atomic E-state index is 0.448. The van der Waals surface area contributed by atoms with Gasteiger partial charge in [0.05, 0.1) is 6.04 Å². The van der Waals surface area contributed by atoms with E-state index < -0.39 is 0 Å². The topological polar surface area (TPSA) is 46.1 Å². The van der Waals surface area contributed by atoms with Crippen LogP contribution in [0.2, 0.25) is 0 Å². The van der Waals surface area contributed by atoms with E-state index in [1.165, 1.54) is 57.0 Å². The Morgan fingerprint density at radius 3 is 2.46 bits per heavy atom. The minimum atomic E-state index is 0.448. The molecule has 3 heterocycles. The van der Waals surface area contributed by atoms with Gasteiger partial charge in [0.1, 0.15) is 0 Å². The number of piperazine rings is 1. The summed E-state index contributed by atoms with van der Waals surface area (Å²) in [4.78, 5) is 13.5. The number of hydrogen-bond donors (Lipinski definition) is 2. The molecule has 2 aliphatic heterocycles. The predicted octanol–water partition coefficient (Wildman–Crippen LogP) is 1.93. The first kappa shape index (κ1) is 21.6. The molecule has 0 aromatic carbocycles. The molecule has 2 saturated heterocycles. The molecule has 7 heteroatoms. The summed E-state index contributed by atoms with van der Waals surface area (Å²) in [5, 5.41) is 9.31. The van der Waals surface area contributed by atoms with Crippen molar-refractivity contribution < 1.29 is 0 Å². The number of thiophene rings is 1. The fourth-order valence-corrected chi connectivity index (χ4v) is 5.03. The summed E-state index contributed by atoms with van der Waals surface area (Å²) in [7, 11) is 4.08. The Kier molecular flexibility index (Phi) is 8.58. The summed E-state index contributed by atoms with van der Waals surface area (Å²) >= 11 is 1.86. The van der Waals surface area contributed by atoms with Crippen LogP contribution in [0.3, 0.4) is 0 Å². The molecular weight excluding hydrogens is 368 g/mol. The van der Waals surface area contributed by atoms with Crippen molar-refractivity contribution in [2.75, 3.05) is 73.0 Å². The molecule has 0 amide bonds. The third-order valence-electron chi connectivity index (χ3n) is 5.92. The number of aliphatic imine (C=N–C) groups is 1. The minimum Gasteiger partial charge on any atom is -0.356 e. The first-order valence-electron chi connectivity index (χ1n) is 10.8. The highest BCUT2D eigenvalue weighted by atomic mass is 32.1. The van der Waals surface area contributed by atoms with Gasteiger partial charge in [-0.1, -0.05) is 13.0 Å². The molecule has 2 unspecified atom stereocenters. The number of hydrogen-bond acceptors (Lipinski definition) is 5. The fraction of sp³-hybridized carbons (Fsp3) is 0.762. The Hall–Kier alpha value is -1.15. The smallest absolute Gasteiger partial charge is 0.191 e. The zero-order valence-corrected chi connectivity index (χ0v) is 18.7. The molecule has 3 rings (SSSR count). The summed E-state index contributed by atoms with van der Waals surface area (Å²) < 4.78 is 0. The van der Waals surface area contributed by atoms with E-state index in [4.69, 9.17) is 0 Å². The van der Waals surface area contributed by atoms with Gasteiger partial charge < -0.3 is 20.4 Å². The van der Waals surface area contributed by atoms with Gasteiger partial charge in [-0.3, -0.25) is 9.89 Å². The average Bonchev–Trinajstić information content (AvgIpc) is 3.41. The van der Waals surface area contributed by atoms with Crippen molar-refractivity contribution in [1.29, 1.82) is 0 Å². The van der Waals surface area contributed by atoms with E-state index >= 15 is 0 Å². The van der Waals surface area contributed by atoms with Gasteiger partial charge in [0, 0.05) is 57.7 Å². The van der Waals surface area contributed by atoms with Crippen LogP contribution >= 0.6 is 11.3 Å². The van der Waals surface area contributed by atoms with Crippen LogP contribution in [0, 0.1) is 5.92 Å². The van der Waals surface area contributed by atoms with Crippen molar-refractivity contribution >= 4 is 17.3 Å². The zero-order chi connectivity index (χ0) is 19.8. The van der Waals surface area contributed by atoms with E-state index in [2.05, 4.69) is 61.8 Å². The monoisotopic (exact) mass is 406 g/mol. The molecule has 2 atom stereocenters. The molecule has 0 radical (unpaired) electrons. The summed E-state index contributed by atoms with van der Waals surface area (Å²) in [6.45, 7) is 12.5. The van der Waals surface area contributed by atoms with Crippen molar-refractivity contribution in [3.05, 3.63) is 22.4 Å². The van der Waals surface area contributed by atoms with Crippen LogP contribution in [0.1, 0.15) is 30.7 Å². The molecule has 0 saturated carbocycles. The fourth-order valence-electron chi connectivity index (χ4n) is 4.16. The van der Waals surface area contributed by atoms with Gasteiger partial charge >= 0.3 is 0 Å². The normalized spacial score (nSPS) is 22.3. The molecule has 6 nitrogen and oxygen atoms in total. The molecule has 0 aliphatic carbocycles. The standard InChI is InChI=1S/C21H38N6S/c1-18(17-26-12-10-25(3)11-13-26)15-23-21(22-2)24-16-19(20-7-6-14-28-20)27-8-4-5-9-27/h6-7,14,18-19H,4-5,8-13,15-17H2,1-3H3,(H2,22,23,24). The van der Waals surface area contributed by atoms with Crippen LogP contribution in [0.25, 0.3) is 0 Å². The second kappa shape index (κ2) is 11.1. The van der Waals surface area contributed by atoms with Crippen LogP contribution in [0.15, 0.2) is 22.5 Å². The first-order chi connectivity index (χ1) is 13.7. The SMILES string of the molecule is CN=C(NCC(C)CN1CCN(C)CC1)NCC(c1cccs1)N1CCCC1. The van der Waals surface area contributed by atoms with E-state index in [-0.39, 0.29) is 0 Å². The summed E-state index contributed by atoms with van der Waals surface area (Å²) in [6.07, 6.45) is 2.64. The Bertz CT molecular complexity index is 576. The van der Waals surface area contributed by atoms with E-state index in [0.717, 1.165) is 25.6 Å². The summed E-state index contributed by atoms with van der Waals surface area (Å²) in [5.74, 6) is 1.53. The molecule has 2 aliphatic rings. The highest BCUT2D eigenvalue weighted by Gasteiger charge is 2.24. The third kappa shape index (κ3) is 6.44. The molecule has 158 valence electrons. The van der Waals surface area contributed by atoms with Crippen LogP contribution in [0.4, 0.5) is 0 Å². The van der Waals surface area contributed by atoms with Gasteiger partial charge in [-0.2, -0.15) is 0 Å². The van der Waals surface area contributed by atoms with Gasteiger partial charge in [0.15, 0.2) is 5.96 Å². The van der Waals surface area contributed by atoms with Gasteiger partial charge in [0.25, 0.3) is 0 Å². The number of nitrogens with one attached hydrogen (secondary N) is 2. The number of rotatable bonds is 8. The van der Waals surface area contributed by atoms with Crippen molar-refractivity contribution in [3.8, 4) is 0 Å². The Labute approximate surface area is 175 Å². The third-order valence-corrected chi connectivity index (χ3v) is 6.90. The molecule has 2 fully saturated rings. The van der Waals surface area contributed by atoms with E-state index in [9.17, 15) is 0 Å². The van der Waals surface area contributed by atoms with Crippen LogP contribution < -0.4 is 10.6 Å². The predicted molar refractivity (Wildman–Crippen MR) is 120 cm³/mol. The molecule has 2 N–H and O–H groups in total. The van der Waals surface area contributed by atoms with Crippen molar-refractivity contribution in [1.82, 2.24) is 25.3 Å². The second-order valence-corrected chi connectivity index (χ2v) is 9.30. The maximum absolute atomic E-state index is 4.46. The Morgan fingerprint density at radius 2 is 1.82 bits per heavy atom.